The lowest BCUT2D eigenvalue weighted by atomic mass is 10.0. The second kappa shape index (κ2) is 4.57. The Hall–Kier alpha value is -1.62. The van der Waals surface area contributed by atoms with Gasteiger partial charge in [-0.05, 0) is 32.0 Å². The first kappa shape index (κ1) is 11.5. The van der Waals surface area contributed by atoms with Crippen molar-refractivity contribution in [2.75, 3.05) is 7.05 Å². The highest BCUT2D eigenvalue weighted by Gasteiger charge is 2.37. The minimum atomic E-state index is -0.529. The van der Waals surface area contributed by atoms with E-state index in [1.54, 1.807) is 12.1 Å². The lowest BCUT2D eigenvalue weighted by Crippen LogP contribution is -2.40. The Bertz CT molecular complexity index is 451. The van der Waals surface area contributed by atoms with Gasteiger partial charge in [0.2, 0.25) is 5.76 Å². The Kier molecular flexibility index (Phi) is 2.91. The van der Waals surface area contributed by atoms with Crippen LogP contribution in [-0.2, 0) is 4.84 Å². The fourth-order valence-corrected chi connectivity index (χ4v) is 2.83. The zero-order valence-corrected chi connectivity index (χ0v) is 10.3. The van der Waals surface area contributed by atoms with Crippen molar-refractivity contribution in [1.29, 1.82) is 0 Å². The van der Waals surface area contributed by atoms with Gasteiger partial charge in [-0.25, -0.2) is 4.79 Å². The van der Waals surface area contributed by atoms with E-state index in [1.165, 1.54) is 19.1 Å². The minimum absolute atomic E-state index is 0.190. The van der Waals surface area contributed by atoms with E-state index in [-0.39, 0.29) is 5.76 Å². The first-order valence-electron chi connectivity index (χ1n) is 6.26. The van der Waals surface area contributed by atoms with Crippen molar-refractivity contribution in [2.45, 2.75) is 37.8 Å². The maximum atomic E-state index is 11.6. The Morgan fingerprint density at radius 2 is 2.17 bits per heavy atom. The smallest absolute Gasteiger partial charge is 0.400 e. The first-order valence-corrected chi connectivity index (χ1v) is 6.26. The third-order valence-corrected chi connectivity index (χ3v) is 3.91. The molecule has 0 spiro atoms. The number of rotatable bonds is 2. The van der Waals surface area contributed by atoms with Crippen molar-refractivity contribution in [2.24, 2.45) is 5.16 Å². The van der Waals surface area contributed by atoms with E-state index in [2.05, 4.69) is 17.1 Å². The quantitative estimate of drug-likeness (QED) is 0.593. The highest BCUT2D eigenvalue weighted by molar-refractivity contribution is 5.89. The number of fused-ring (bicyclic) bond motifs is 2. The number of hydrogen-bond acceptors (Lipinski definition) is 5. The van der Waals surface area contributed by atoms with E-state index < -0.39 is 5.97 Å². The standard InChI is InChI=1S/C13H16N2O3/c1-15-10-4-5-11(15)8-9(7-10)14-18-13(16)12-3-2-6-17-12/h2-3,6,10-11H,4-5,7-8H2,1H3/t10-,11+. The number of nitrogens with zero attached hydrogens (tertiary/aromatic N) is 2. The second-order valence-corrected chi connectivity index (χ2v) is 4.97. The number of oxime groups is 1. The van der Waals surface area contributed by atoms with Crippen molar-refractivity contribution in [3.63, 3.8) is 0 Å². The molecule has 5 nitrogen and oxygen atoms in total. The zero-order valence-electron chi connectivity index (χ0n) is 10.3. The molecule has 3 rings (SSSR count). The molecule has 0 N–H and O–H groups in total. The molecule has 3 heterocycles. The average molecular weight is 248 g/mol. The van der Waals surface area contributed by atoms with Crippen LogP contribution in [0.5, 0.6) is 0 Å². The van der Waals surface area contributed by atoms with Crippen molar-refractivity contribution < 1.29 is 14.0 Å². The molecule has 2 bridgehead atoms. The third kappa shape index (κ3) is 2.06. The molecule has 1 aromatic heterocycles. The summed E-state index contributed by atoms with van der Waals surface area (Å²) in [6.07, 6.45) is 5.68. The Morgan fingerprint density at radius 3 is 2.78 bits per heavy atom. The molecular formula is C13H16N2O3. The van der Waals surface area contributed by atoms with Crippen LogP contribution in [-0.4, -0.2) is 35.7 Å². The molecule has 2 aliphatic heterocycles. The van der Waals surface area contributed by atoms with Gasteiger partial charge in [-0.1, -0.05) is 5.16 Å². The molecular weight excluding hydrogens is 232 g/mol. The van der Waals surface area contributed by atoms with Gasteiger partial charge in [-0.15, -0.1) is 0 Å². The van der Waals surface area contributed by atoms with Crippen LogP contribution >= 0.6 is 0 Å². The van der Waals surface area contributed by atoms with Gasteiger partial charge in [0.05, 0.1) is 12.0 Å². The summed E-state index contributed by atoms with van der Waals surface area (Å²) in [5.74, 6) is -0.339. The largest absolute Gasteiger partial charge is 0.457 e. The minimum Gasteiger partial charge on any atom is -0.457 e. The molecule has 2 atom stereocenters. The molecule has 96 valence electrons. The summed E-state index contributed by atoms with van der Waals surface area (Å²) >= 11 is 0. The van der Waals surface area contributed by atoms with Gasteiger partial charge in [-0.3, -0.25) is 4.90 Å². The van der Waals surface area contributed by atoms with Gasteiger partial charge >= 0.3 is 5.97 Å². The van der Waals surface area contributed by atoms with E-state index in [9.17, 15) is 4.79 Å². The van der Waals surface area contributed by atoms with Crippen molar-refractivity contribution in [1.82, 2.24) is 4.90 Å². The van der Waals surface area contributed by atoms with Crippen LogP contribution in [0.3, 0.4) is 0 Å². The highest BCUT2D eigenvalue weighted by Crippen LogP contribution is 2.32. The van der Waals surface area contributed by atoms with Gasteiger partial charge < -0.3 is 9.25 Å². The van der Waals surface area contributed by atoms with Crippen LogP contribution in [0.15, 0.2) is 28.0 Å². The molecule has 2 aliphatic rings. The third-order valence-electron chi connectivity index (χ3n) is 3.91. The monoisotopic (exact) mass is 248 g/mol. The van der Waals surface area contributed by atoms with Crippen molar-refractivity contribution >= 4 is 11.7 Å². The zero-order chi connectivity index (χ0) is 12.5. The maximum absolute atomic E-state index is 11.6. The van der Waals surface area contributed by atoms with Crippen molar-refractivity contribution in [3.8, 4) is 0 Å². The summed E-state index contributed by atoms with van der Waals surface area (Å²) < 4.78 is 4.95. The fourth-order valence-electron chi connectivity index (χ4n) is 2.83. The van der Waals surface area contributed by atoms with Crippen LogP contribution < -0.4 is 0 Å². The van der Waals surface area contributed by atoms with E-state index >= 15 is 0 Å². The number of carbonyl (C=O) groups excluding carboxylic acids is 1. The number of hydrogen-bond donors (Lipinski definition) is 0. The highest BCUT2D eigenvalue weighted by atomic mass is 16.7. The van der Waals surface area contributed by atoms with E-state index in [1.807, 2.05) is 0 Å². The van der Waals surface area contributed by atoms with Crippen molar-refractivity contribution in [3.05, 3.63) is 24.2 Å². The van der Waals surface area contributed by atoms with Crippen LogP contribution in [0.25, 0.3) is 0 Å². The molecule has 0 amide bonds. The van der Waals surface area contributed by atoms with Gasteiger partial charge in [0.1, 0.15) is 0 Å². The van der Waals surface area contributed by atoms with Gasteiger partial charge in [-0.2, -0.15) is 0 Å². The molecule has 2 fully saturated rings. The average Bonchev–Trinajstić information content (AvgIpc) is 2.94. The molecule has 0 unspecified atom stereocenters. The van der Waals surface area contributed by atoms with E-state index in [0.29, 0.717) is 12.1 Å². The first-order chi connectivity index (χ1) is 8.74. The molecule has 0 saturated carbocycles. The molecule has 0 radical (unpaired) electrons. The van der Waals surface area contributed by atoms with Crippen LogP contribution in [0.2, 0.25) is 0 Å². The molecule has 18 heavy (non-hydrogen) atoms. The predicted octanol–water partition coefficient (Wildman–Crippen LogP) is 2.05. The SMILES string of the molecule is CN1[C@@H]2CC[C@H]1CC(=NOC(=O)c1ccco1)C2. The number of piperidine rings is 1. The number of furan rings is 1. The van der Waals surface area contributed by atoms with Crippen LogP contribution in [0, 0.1) is 0 Å². The summed E-state index contributed by atoms with van der Waals surface area (Å²) in [5.41, 5.74) is 0.987. The second-order valence-electron chi connectivity index (χ2n) is 4.97. The molecule has 1 aromatic rings. The van der Waals surface area contributed by atoms with Crippen LogP contribution in [0.1, 0.15) is 36.2 Å². The maximum Gasteiger partial charge on any atom is 0.400 e. The Labute approximate surface area is 105 Å². The van der Waals surface area contributed by atoms with Gasteiger partial charge in [0.15, 0.2) is 0 Å². The summed E-state index contributed by atoms with van der Waals surface area (Å²) in [6, 6.07) is 4.34. The topological polar surface area (TPSA) is 55.0 Å². The molecule has 0 aliphatic carbocycles. The fraction of sp³-hybridized carbons (Fsp3) is 0.538. The van der Waals surface area contributed by atoms with Gasteiger partial charge in [0, 0.05) is 24.9 Å². The summed E-state index contributed by atoms with van der Waals surface area (Å²) in [7, 11) is 2.16. The number of carbonyl (C=O) groups is 1. The molecule has 2 saturated heterocycles. The van der Waals surface area contributed by atoms with Crippen LogP contribution in [0.4, 0.5) is 0 Å². The Balaban J connectivity index is 1.63. The normalized spacial score (nSPS) is 29.7. The summed E-state index contributed by atoms with van der Waals surface area (Å²) in [5, 5.41) is 3.99. The van der Waals surface area contributed by atoms with E-state index in [0.717, 1.165) is 18.6 Å². The van der Waals surface area contributed by atoms with E-state index in [4.69, 9.17) is 9.25 Å². The summed E-state index contributed by atoms with van der Waals surface area (Å²) in [4.78, 5) is 18.9. The lowest BCUT2D eigenvalue weighted by molar-refractivity contribution is 0.0474. The summed E-state index contributed by atoms with van der Waals surface area (Å²) in [6.45, 7) is 0. The van der Waals surface area contributed by atoms with Gasteiger partial charge in [0.25, 0.3) is 0 Å². The Morgan fingerprint density at radius 1 is 1.44 bits per heavy atom. The lowest BCUT2D eigenvalue weighted by Gasteiger charge is -2.31. The predicted molar refractivity (Wildman–Crippen MR) is 65.4 cm³/mol. The molecule has 5 heteroatoms. The molecule has 0 aromatic carbocycles.